The molecule has 2 heterocycles. The third kappa shape index (κ3) is 2.62. The van der Waals surface area contributed by atoms with Crippen LogP contribution in [-0.4, -0.2) is 26.0 Å². The minimum Gasteiger partial charge on any atom is -0.478 e. The van der Waals surface area contributed by atoms with E-state index in [1.165, 1.54) is 12.4 Å². The second-order valence-corrected chi connectivity index (χ2v) is 5.30. The average Bonchev–Trinajstić information content (AvgIpc) is 2.97. The van der Waals surface area contributed by atoms with Gasteiger partial charge in [0.15, 0.2) is 5.58 Å². The standard InChI is InChI=1S/C16H12N4O3/c1-8(2)11-3-9(5-17)4-12-13(11)23-15(20-12)14-18-6-10(7-19-14)16(21)22/h3-4,6-8H,1-2H3,(H,21,22). The summed E-state index contributed by atoms with van der Waals surface area (Å²) in [6, 6.07) is 5.52. The Morgan fingerprint density at radius 2 is 2.00 bits per heavy atom. The van der Waals surface area contributed by atoms with E-state index >= 15 is 0 Å². The number of nitrogens with zero attached hydrogens (tertiary/aromatic N) is 4. The fraction of sp³-hybridized carbons (Fsp3) is 0.188. The maximum absolute atomic E-state index is 10.8. The summed E-state index contributed by atoms with van der Waals surface area (Å²) < 4.78 is 5.75. The minimum atomic E-state index is -1.10. The van der Waals surface area contributed by atoms with Crippen LogP contribution in [0.4, 0.5) is 0 Å². The molecule has 2 aromatic heterocycles. The topological polar surface area (TPSA) is 113 Å². The molecule has 0 unspecified atom stereocenters. The van der Waals surface area contributed by atoms with Crippen molar-refractivity contribution in [2.24, 2.45) is 0 Å². The van der Waals surface area contributed by atoms with Crippen molar-refractivity contribution in [3.05, 3.63) is 41.2 Å². The Bertz CT molecular complexity index is 936. The molecule has 1 aromatic carbocycles. The van der Waals surface area contributed by atoms with Crippen molar-refractivity contribution >= 4 is 17.1 Å². The van der Waals surface area contributed by atoms with E-state index in [0.717, 1.165) is 5.56 Å². The first kappa shape index (κ1) is 14.7. The molecule has 0 aliphatic rings. The van der Waals surface area contributed by atoms with Gasteiger partial charge in [-0.3, -0.25) is 0 Å². The lowest BCUT2D eigenvalue weighted by Gasteiger charge is -2.05. The first-order valence-electron chi connectivity index (χ1n) is 6.90. The summed E-state index contributed by atoms with van der Waals surface area (Å²) in [6.45, 7) is 3.99. The summed E-state index contributed by atoms with van der Waals surface area (Å²) in [4.78, 5) is 23.1. The Morgan fingerprint density at radius 3 is 2.57 bits per heavy atom. The molecule has 0 fully saturated rings. The van der Waals surface area contributed by atoms with Crippen LogP contribution in [0.1, 0.15) is 41.3 Å². The van der Waals surface area contributed by atoms with Crippen LogP contribution in [0.2, 0.25) is 0 Å². The summed E-state index contributed by atoms with van der Waals surface area (Å²) in [5.41, 5.74) is 2.50. The van der Waals surface area contributed by atoms with E-state index in [0.29, 0.717) is 16.7 Å². The van der Waals surface area contributed by atoms with Crippen molar-refractivity contribution < 1.29 is 14.3 Å². The van der Waals surface area contributed by atoms with E-state index in [1.54, 1.807) is 12.1 Å². The van der Waals surface area contributed by atoms with Crippen molar-refractivity contribution in [1.29, 1.82) is 5.26 Å². The van der Waals surface area contributed by atoms with Crippen molar-refractivity contribution in [1.82, 2.24) is 15.0 Å². The second-order valence-electron chi connectivity index (χ2n) is 5.30. The molecule has 0 amide bonds. The molecule has 0 saturated carbocycles. The van der Waals surface area contributed by atoms with Gasteiger partial charge >= 0.3 is 5.97 Å². The molecule has 3 aromatic rings. The fourth-order valence-electron chi connectivity index (χ4n) is 2.20. The zero-order valence-corrected chi connectivity index (χ0v) is 12.4. The number of aromatic nitrogens is 3. The Balaban J connectivity index is 2.14. The van der Waals surface area contributed by atoms with Gasteiger partial charge in [0.1, 0.15) is 5.52 Å². The lowest BCUT2D eigenvalue weighted by Crippen LogP contribution is -1.99. The van der Waals surface area contributed by atoms with E-state index in [2.05, 4.69) is 21.0 Å². The molecule has 3 rings (SSSR count). The number of fused-ring (bicyclic) bond motifs is 1. The first-order chi connectivity index (χ1) is 11.0. The van der Waals surface area contributed by atoms with E-state index < -0.39 is 5.97 Å². The number of carbonyl (C=O) groups is 1. The number of benzene rings is 1. The minimum absolute atomic E-state index is 0.0144. The van der Waals surface area contributed by atoms with Crippen molar-refractivity contribution in [2.75, 3.05) is 0 Å². The highest BCUT2D eigenvalue weighted by molar-refractivity contribution is 5.87. The molecule has 23 heavy (non-hydrogen) atoms. The van der Waals surface area contributed by atoms with E-state index in [1.807, 2.05) is 13.8 Å². The quantitative estimate of drug-likeness (QED) is 0.791. The van der Waals surface area contributed by atoms with E-state index in [9.17, 15) is 4.79 Å². The number of oxazole rings is 1. The molecule has 0 spiro atoms. The average molecular weight is 308 g/mol. The highest BCUT2D eigenvalue weighted by Crippen LogP contribution is 2.30. The molecule has 0 aliphatic carbocycles. The van der Waals surface area contributed by atoms with Crippen LogP contribution in [0, 0.1) is 11.3 Å². The van der Waals surface area contributed by atoms with Gasteiger partial charge in [-0.1, -0.05) is 13.8 Å². The molecule has 0 radical (unpaired) electrons. The molecule has 7 heteroatoms. The Kier molecular flexibility index (Phi) is 3.50. The third-order valence-electron chi connectivity index (χ3n) is 3.36. The van der Waals surface area contributed by atoms with Gasteiger partial charge in [-0.05, 0) is 18.1 Å². The normalized spacial score (nSPS) is 10.9. The lowest BCUT2D eigenvalue weighted by molar-refractivity contribution is 0.0696. The highest BCUT2D eigenvalue weighted by atomic mass is 16.4. The van der Waals surface area contributed by atoms with Crippen molar-refractivity contribution in [3.8, 4) is 17.8 Å². The number of carboxylic acids is 1. The van der Waals surface area contributed by atoms with Crippen LogP contribution in [0.5, 0.6) is 0 Å². The van der Waals surface area contributed by atoms with Crippen molar-refractivity contribution in [3.63, 3.8) is 0 Å². The Hall–Kier alpha value is -3.27. The molecule has 0 atom stereocenters. The molecular formula is C16H12N4O3. The fourth-order valence-corrected chi connectivity index (χ4v) is 2.20. The summed E-state index contributed by atoms with van der Waals surface area (Å²) >= 11 is 0. The van der Waals surface area contributed by atoms with Gasteiger partial charge in [-0.15, -0.1) is 0 Å². The molecule has 7 nitrogen and oxygen atoms in total. The molecular weight excluding hydrogens is 296 g/mol. The van der Waals surface area contributed by atoms with Crippen LogP contribution in [0.25, 0.3) is 22.8 Å². The van der Waals surface area contributed by atoms with Gasteiger partial charge in [0, 0.05) is 18.0 Å². The molecule has 114 valence electrons. The number of carboxylic acid groups (broad SMARTS) is 1. The van der Waals surface area contributed by atoms with Gasteiger partial charge in [-0.25, -0.2) is 19.7 Å². The molecule has 1 N–H and O–H groups in total. The smallest absolute Gasteiger partial charge is 0.338 e. The van der Waals surface area contributed by atoms with Gasteiger partial charge < -0.3 is 9.52 Å². The monoisotopic (exact) mass is 308 g/mol. The number of aromatic carboxylic acids is 1. The number of rotatable bonds is 3. The third-order valence-corrected chi connectivity index (χ3v) is 3.36. The molecule has 0 aliphatic heterocycles. The first-order valence-corrected chi connectivity index (χ1v) is 6.90. The highest BCUT2D eigenvalue weighted by Gasteiger charge is 2.17. The molecule has 0 saturated heterocycles. The Labute approximate surface area is 131 Å². The number of hydrogen-bond donors (Lipinski definition) is 1. The van der Waals surface area contributed by atoms with Crippen molar-refractivity contribution in [2.45, 2.75) is 19.8 Å². The van der Waals surface area contributed by atoms with Crippen LogP contribution in [0.3, 0.4) is 0 Å². The zero-order valence-electron chi connectivity index (χ0n) is 12.4. The van der Waals surface area contributed by atoms with Crippen LogP contribution < -0.4 is 0 Å². The van der Waals surface area contributed by atoms with Gasteiger partial charge in [0.25, 0.3) is 5.89 Å². The SMILES string of the molecule is CC(C)c1cc(C#N)cc2nc(-c3ncc(C(=O)O)cn3)oc12. The van der Waals surface area contributed by atoms with E-state index in [-0.39, 0.29) is 23.2 Å². The van der Waals surface area contributed by atoms with Gasteiger partial charge in [0.05, 0.1) is 17.2 Å². The lowest BCUT2D eigenvalue weighted by atomic mass is 10.00. The number of hydrogen-bond acceptors (Lipinski definition) is 6. The zero-order chi connectivity index (χ0) is 16.6. The van der Waals surface area contributed by atoms with Crippen LogP contribution in [0.15, 0.2) is 28.9 Å². The summed E-state index contributed by atoms with van der Waals surface area (Å²) in [5.74, 6) is -0.565. The maximum Gasteiger partial charge on any atom is 0.338 e. The summed E-state index contributed by atoms with van der Waals surface area (Å²) in [7, 11) is 0. The predicted octanol–water partition coefficient (Wildman–Crippen LogP) is 2.98. The van der Waals surface area contributed by atoms with Gasteiger partial charge in [0.2, 0.25) is 5.82 Å². The van der Waals surface area contributed by atoms with E-state index in [4.69, 9.17) is 14.8 Å². The summed E-state index contributed by atoms with van der Waals surface area (Å²) in [5, 5.41) is 18.0. The second kappa shape index (κ2) is 5.50. The Morgan fingerprint density at radius 1 is 1.30 bits per heavy atom. The molecule has 0 bridgehead atoms. The maximum atomic E-state index is 10.8. The largest absolute Gasteiger partial charge is 0.478 e. The predicted molar refractivity (Wildman–Crippen MR) is 80.8 cm³/mol. The van der Waals surface area contributed by atoms with Crippen LogP contribution in [-0.2, 0) is 0 Å². The van der Waals surface area contributed by atoms with Crippen LogP contribution >= 0.6 is 0 Å². The van der Waals surface area contributed by atoms with Gasteiger partial charge in [-0.2, -0.15) is 5.26 Å². The number of nitriles is 1. The summed E-state index contributed by atoms with van der Waals surface area (Å²) in [6.07, 6.45) is 2.40.